The molecule has 0 saturated heterocycles. The summed E-state index contributed by atoms with van der Waals surface area (Å²) in [6.07, 6.45) is 2.25. The third kappa shape index (κ3) is 2.79. The van der Waals surface area contributed by atoms with Crippen LogP contribution in [0.2, 0.25) is 5.02 Å². The minimum Gasteiger partial charge on any atom is -0.373 e. The topological polar surface area (TPSA) is 58.4 Å². The Labute approximate surface area is 141 Å². The van der Waals surface area contributed by atoms with Crippen LogP contribution in [0.1, 0.15) is 13.3 Å². The van der Waals surface area contributed by atoms with Crippen LogP contribution in [0.4, 0.5) is 11.4 Å². The van der Waals surface area contributed by atoms with Crippen molar-refractivity contribution < 1.29 is 8.42 Å². The van der Waals surface area contributed by atoms with E-state index >= 15 is 0 Å². The summed E-state index contributed by atoms with van der Waals surface area (Å²) in [6, 6.07) is 6.90. The summed E-state index contributed by atoms with van der Waals surface area (Å²) in [5.41, 5.74) is 1.47. The summed E-state index contributed by atoms with van der Waals surface area (Å²) < 4.78 is 29.3. The molecular formula is C15H19ClN4O2S. The zero-order chi connectivity index (χ0) is 16.6. The number of rotatable bonds is 3. The van der Waals surface area contributed by atoms with Gasteiger partial charge < -0.3 is 4.90 Å². The molecule has 23 heavy (non-hydrogen) atoms. The Hall–Kier alpha value is -1.73. The Balaban J connectivity index is 2.16. The van der Waals surface area contributed by atoms with E-state index in [0.717, 1.165) is 18.7 Å². The molecule has 0 bridgehead atoms. The molecule has 1 aliphatic rings. The summed E-state index contributed by atoms with van der Waals surface area (Å²) in [7, 11) is -1.73. The number of aryl methyl sites for hydroxylation is 1. The molecule has 1 aromatic heterocycles. The van der Waals surface area contributed by atoms with Gasteiger partial charge in [0.1, 0.15) is 0 Å². The molecular weight excluding hydrogens is 336 g/mol. The second kappa shape index (κ2) is 6.05. The van der Waals surface area contributed by atoms with Crippen molar-refractivity contribution in [1.82, 2.24) is 9.78 Å². The first-order chi connectivity index (χ1) is 10.9. The van der Waals surface area contributed by atoms with Gasteiger partial charge >= 0.3 is 0 Å². The van der Waals surface area contributed by atoms with Crippen LogP contribution >= 0.6 is 11.6 Å². The third-order valence-electron chi connectivity index (χ3n) is 4.00. The maximum Gasteiger partial charge on any atom is 0.281 e. The van der Waals surface area contributed by atoms with Gasteiger partial charge in [-0.2, -0.15) is 13.5 Å². The maximum absolute atomic E-state index is 13.2. The van der Waals surface area contributed by atoms with E-state index in [0.29, 0.717) is 23.8 Å². The largest absolute Gasteiger partial charge is 0.373 e. The van der Waals surface area contributed by atoms with Crippen LogP contribution in [-0.2, 0) is 16.6 Å². The lowest BCUT2D eigenvalue weighted by Crippen LogP contribution is -2.33. The highest BCUT2D eigenvalue weighted by atomic mass is 35.5. The molecule has 0 amide bonds. The highest BCUT2D eigenvalue weighted by Gasteiger charge is 2.31. The zero-order valence-corrected chi connectivity index (χ0v) is 14.7. The molecule has 0 spiro atoms. The first kappa shape index (κ1) is 16.1. The van der Waals surface area contributed by atoms with Crippen molar-refractivity contribution in [3.8, 4) is 0 Å². The lowest BCUT2D eigenvalue weighted by molar-refractivity contribution is 0.550. The molecule has 0 N–H and O–H groups in total. The molecule has 0 saturated carbocycles. The average Bonchev–Trinajstić information content (AvgIpc) is 2.94. The molecule has 8 heteroatoms. The maximum atomic E-state index is 13.2. The van der Waals surface area contributed by atoms with Crippen LogP contribution < -0.4 is 9.21 Å². The SMILES string of the molecule is CCn1nccc1S(=O)(=O)N1CCCN(C)c2ccc(Cl)cc21. The number of hydrogen-bond acceptors (Lipinski definition) is 4. The number of hydrogen-bond donors (Lipinski definition) is 0. The first-order valence-corrected chi connectivity index (χ1v) is 9.32. The fourth-order valence-electron chi connectivity index (χ4n) is 2.85. The molecule has 1 aliphatic heterocycles. The summed E-state index contributed by atoms with van der Waals surface area (Å²) in [4.78, 5) is 2.05. The lowest BCUT2D eigenvalue weighted by atomic mass is 10.2. The minimum absolute atomic E-state index is 0.204. The molecule has 0 atom stereocenters. The van der Waals surface area contributed by atoms with E-state index in [2.05, 4.69) is 10.00 Å². The standard InChI is InChI=1S/C15H19ClN4O2S/c1-3-19-15(7-8-17-19)23(21,22)20-10-4-9-18(2)13-6-5-12(16)11-14(13)20/h5-8,11H,3-4,9-10H2,1-2H3. The van der Waals surface area contributed by atoms with Crippen LogP contribution in [-0.4, -0.2) is 38.3 Å². The molecule has 2 heterocycles. The van der Waals surface area contributed by atoms with Gasteiger partial charge in [-0.3, -0.25) is 8.99 Å². The first-order valence-electron chi connectivity index (χ1n) is 7.50. The van der Waals surface area contributed by atoms with Crippen molar-refractivity contribution in [2.24, 2.45) is 0 Å². The number of aromatic nitrogens is 2. The average molecular weight is 355 g/mol. The molecule has 0 aliphatic carbocycles. The number of benzene rings is 1. The molecule has 0 radical (unpaired) electrons. The third-order valence-corrected chi connectivity index (χ3v) is 6.07. The van der Waals surface area contributed by atoms with Gasteiger partial charge in [-0.25, -0.2) is 0 Å². The van der Waals surface area contributed by atoms with Gasteiger partial charge in [0.15, 0.2) is 5.03 Å². The Morgan fingerprint density at radius 2 is 2.00 bits per heavy atom. The molecule has 2 aromatic rings. The van der Waals surface area contributed by atoms with Crippen LogP contribution in [0.3, 0.4) is 0 Å². The molecule has 124 valence electrons. The van der Waals surface area contributed by atoms with Gasteiger partial charge in [-0.15, -0.1) is 0 Å². The predicted octanol–water partition coefficient (Wildman–Crippen LogP) is 2.59. The van der Waals surface area contributed by atoms with Gasteiger partial charge in [0.05, 0.1) is 17.6 Å². The van der Waals surface area contributed by atoms with E-state index in [1.807, 2.05) is 20.0 Å². The monoisotopic (exact) mass is 354 g/mol. The van der Waals surface area contributed by atoms with Crippen LogP contribution in [0.15, 0.2) is 35.5 Å². The number of sulfonamides is 1. The summed E-state index contributed by atoms with van der Waals surface area (Å²) in [6.45, 7) is 3.56. The molecule has 1 aromatic carbocycles. The fourth-order valence-corrected chi connectivity index (χ4v) is 4.69. The summed E-state index contributed by atoms with van der Waals surface area (Å²) in [5.74, 6) is 0. The van der Waals surface area contributed by atoms with Crippen LogP contribution in [0.25, 0.3) is 0 Å². The smallest absolute Gasteiger partial charge is 0.281 e. The Bertz CT molecular complexity index is 819. The number of anilines is 2. The summed E-state index contributed by atoms with van der Waals surface area (Å²) in [5, 5.41) is 4.80. The van der Waals surface area contributed by atoms with Crippen molar-refractivity contribution >= 4 is 33.0 Å². The van der Waals surface area contributed by atoms with Gasteiger partial charge in [0.2, 0.25) is 0 Å². The van der Waals surface area contributed by atoms with Gasteiger partial charge in [-0.05, 0) is 37.6 Å². The Morgan fingerprint density at radius 3 is 2.74 bits per heavy atom. The second-order valence-electron chi connectivity index (χ2n) is 5.47. The van der Waals surface area contributed by atoms with Gasteiger partial charge in [0.25, 0.3) is 10.0 Å². The van der Waals surface area contributed by atoms with E-state index in [1.54, 1.807) is 12.1 Å². The lowest BCUT2D eigenvalue weighted by Gasteiger charge is -2.25. The molecule has 6 nitrogen and oxygen atoms in total. The summed E-state index contributed by atoms with van der Waals surface area (Å²) >= 11 is 6.12. The van der Waals surface area contributed by atoms with Crippen LogP contribution in [0, 0.1) is 0 Å². The van der Waals surface area contributed by atoms with E-state index in [1.165, 1.54) is 21.3 Å². The number of fused-ring (bicyclic) bond motifs is 1. The van der Waals surface area contributed by atoms with E-state index in [9.17, 15) is 8.42 Å². The minimum atomic E-state index is -3.69. The molecule has 3 rings (SSSR count). The van der Waals surface area contributed by atoms with Crippen molar-refractivity contribution in [3.05, 3.63) is 35.5 Å². The number of halogens is 1. The number of nitrogens with zero attached hydrogens (tertiary/aromatic N) is 4. The Kier molecular flexibility index (Phi) is 4.25. The predicted molar refractivity (Wildman–Crippen MR) is 91.8 cm³/mol. The van der Waals surface area contributed by atoms with Crippen LogP contribution in [0.5, 0.6) is 0 Å². The van der Waals surface area contributed by atoms with Crippen molar-refractivity contribution in [2.45, 2.75) is 24.9 Å². The second-order valence-corrected chi connectivity index (χ2v) is 7.72. The quantitative estimate of drug-likeness (QED) is 0.850. The fraction of sp³-hybridized carbons (Fsp3) is 0.400. The highest BCUT2D eigenvalue weighted by molar-refractivity contribution is 7.92. The van der Waals surface area contributed by atoms with E-state index in [4.69, 9.17) is 11.6 Å². The van der Waals surface area contributed by atoms with Crippen molar-refractivity contribution in [1.29, 1.82) is 0 Å². The van der Waals surface area contributed by atoms with Crippen molar-refractivity contribution in [2.75, 3.05) is 29.3 Å². The van der Waals surface area contributed by atoms with Gasteiger partial charge in [-0.1, -0.05) is 11.6 Å². The zero-order valence-electron chi connectivity index (χ0n) is 13.1. The molecule has 0 unspecified atom stereocenters. The van der Waals surface area contributed by atoms with Crippen molar-refractivity contribution in [3.63, 3.8) is 0 Å². The highest BCUT2D eigenvalue weighted by Crippen LogP contribution is 2.37. The van der Waals surface area contributed by atoms with E-state index in [-0.39, 0.29) is 5.03 Å². The van der Waals surface area contributed by atoms with E-state index < -0.39 is 10.0 Å². The van der Waals surface area contributed by atoms with Gasteiger partial charge in [0, 0.05) is 31.7 Å². The molecule has 0 fully saturated rings. The Morgan fingerprint density at radius 1 is 1.22 bits per heavy atom. The normalized spacial score (nSPS) is 15.4.